The molecule has 0 atom stereocenters. The number of benzene rings is 2. The van der Waals surface area contributed by atoms with E-state index in [1.165, 1.54) is 0 Å². The summed E-state index contributed by atoms with van der Waals surface area (Å²) >= 11 is 0. The number of hydrogen-bond donors (Lipinski definition) is 2. The van der Waals surface area contributed by atoms with E-state index in [1.807, 2.05) is 38.1 Å². The second-order valence-electron chi connectivity index (χ2n) is 5.29. The van der Waals surface area contributed by atoms with Gasteiger partial charge in [-0.1, -0.05) is 18.7 Å². The monoisotopic (exact) mass is 292 g/mol. The number of aryl methyl sites for hydroxylation is 2. The molecular formula is C18H17N3O. The minimum Gasteiger partial charge on any atom is -0.323 e. The molecule has 110 valence electrons. The molecule has 3 aromatic rings. The van der Waals surface area contributed by atoms with Gasteiger partial charge in [0.25, 0.3) is 0 Å². The molecule has 0 radical (unpaired) electrons. The van der Waals surface area contributed by atoms with Crippen molar-refractivity contribution in [1.82, 2.24) is 10.2 Å². The van der Waals surface area contributed by atoms with Crippen LogP contribution in [0, 0.1) is 13.8 Å². The number of nitrogens with one attached hydrogen (secondary N) is 2. The van der Waals surface area contributed by atoms with Gasteiger partial charge in [-0.2, -0.15) is 5.10 Å². The first-order chi connectivity index (χ1) is 11.0. The van der Waals surface area contributed by atoms with Crippen molar-refractivity contribution < 1.29 is 6.21 Å². The van der Waals surface area contributed by atoms with E-state index in [4.69, 9.17) is 1.41 Å². The first-order valence-electron chi connectivity index (χ1n) is 7.46. The van der Waals surface area contributed by atoms with Crippen LogP contribution >= 0.6 is 0 Å². The Morgan fingerprint density at radius 1 is 1.27 bits per heavy atom. The maximum atomic E-state index is 11.7. The van der Waals surface area contributed by atoms with Crippen LogP contribution in [0.1, 0.15) is 11.3 Å². The average molecular weight is 292 g/mol. The van der Waals surface area contributed by atoms with Crippen molar-refractivity contribution in [2.45, 2.75) is 13.8 Å². The maximum Gasteiger partial charge on any atom is 0.247 e. The number of nitrogens with zero attached hydrogens (tertiary/aromatic N) is 1. The van der Waals surface area contributed by atoms with Gasteiger partial charge in [-0.3, -0.25) is 9.89 Å². The number of carbonyl (C=O) groups is 1. The van der Waals surface area contributed by atoms with Crippen LogP contribution in [0.15, 0.2) is 49.1 Å². The summed E-state index contributed by atoms with van der Waals surface area (Å²) < 4.78 is 7.91. The summed E-state index contributed by atoms with van der Waals surface area (Å²) in [6, 6.07) is 11.7. The summed E-state index contributed by atoms with van der Waals surface area (Å²) in [5, 5.41) is 9.12. The number of amides is 1. The fourth-order valence-electron chi connectivity index (χ4n) is 2.48. The number of H-pyrrole nitrogens is 1. The van der Waals surface area contributed by atoms with E-state index in [1.54, 1.807) is 6.07 Å². The van der Waals surface area contributed by atoms with Gasteiger partial charge in [0, 0.05) is 16.8 Å². The predicted octanol–water partition coefficient (Wildman–Crippen LogP) is 3.97. The molecule has 0 aliphatic rings. The van der Waals surface area contributed by atoms with Crippen LogP contribution < -0.4 is 5.31 Å². The van der Waals surface area contributed by atoms with E-state index < -0.39 is 5.91 Å². The second-order valence-corrected chi connectivity index (χ2v) is 5.29. The van der Waals surface area contributed by atoms with Gasteiger partial charge >= 0.3 is 0 Å². The molecule has 0 bridgehead atoms. The van der Waals surface area contributed by atoms with E-state index in [2.05, 4.69) is 22.8 Å². The van der Waals surface area contributed by atoms with Crippen LogP contribution in [0.5, 0.6) is 0 Å². The fraction of sp³-hybridized carbons (Fsp3) is 0.111. The van der Waals surface area contributed by atoms with Crippen LogP contribution in [0.3, 0.4) is 0 Å². The Balaban J connectivity index is 2.10. The smallest absolute Gasteiger partial charge is 0.247 e. The van der Waals surface area contributed by atoms with Gasteiger partial charge in [-0.25, -0.2) is 0 Å². The zero-order chi connectivity index (χ0) is 16.6. The molecule has 2 aromatic carbocycles. The molecule has 0 saturated heterocycles. The lowest BCUT2D eigenvalue weighted by molar-refractivity contribution is -0.111. The Hall–Kier alpha value is -2.88. The minimum atomic E-state index is -0.456. The highest BCUT2D eigenvalue weighted by Gasteiger charge is 2.07. The topological polar surface area (TPSA) is 57.8 Å². The van der Waals surface area contributed by atoms with Crippen molar-refractivity contribution >= 4 is 22.5 Å². The van der Waals surface area contributed by atoms with Crippen molar-refractivity contribution in [2.24, 2.45) is 0 Å². The molecule has 1 heterocycles. The molecule has 0 aliphatic heterocycles. The van der Waals surface area contributed by atoms with Crippen LogP contribution in [0.2, 0.25) is 1.41 Å². The van der Waals surface area contributed by atoms with Gasteiger partial charge in [-0.05, 0) is 60.9 Å². The molecule has 1 aromatic heterocycles. The largest absolute Gasteiger partial charge is 0.323 e. The molecular weight excluding hydrogens is 274 g/mol. The Morgan fingerprint density at radius 2 is 2.09 bits per heavy atom. The van der Waals surface area contributed by atoms with Gasteiger partial charge < -0.3 is 5.31 Å². The molecule has 3 rings (SSSR count). The standard InChI is InChI=1S/C18H17N3O/c1-4-18(22)19-15-8-11(2)7-14(9-15)13-5-6-17-16(10-13)12(3)20-21-17/h4-10H,1H2,2-3H3,(H,19,22)(H,20,21)/i/hD. The summed E-state index contributed by atoms with van der Waals surface area (Å²) in [5.74, 6) is -0.456. The summed E-state index contributed by atoms with van der Waals surface area (Å²) in [5.41, 5.74) is 5.41. The SMILES string of the molecule is [2H]N(C(=O)C=C)c1cc(C)cc(-c2ccc3n[nH]c(C)c3c2)c1. The number of fused-ring (bicyclic) bond motifs is 1. The molecule has 0 saturated carbocycles. The lowest BCUT2D eigenvalue weighted by Gasteiger charge is -2.09. The van der Waals surface area contributed by atoms with Gasteiger partial charge in [0.15, 0.2) is 1.41 Å². The average Bonchev–Trinajstić information content (AvgIpc) is 2.93. The first kappa shape index (κ1) is 12.8. The number of hydrogen-bond acceptors (Lipinski definition) is 2. The van der Waals surface area contributed by atoms with Crippen LogP contribution in [0.4, 0.5) is 5.69 Å². The first-order valence-corrected chi connectivity index (χ1v) is 7.02. The molecule has 0 spiro atoms. The number of carbonyl (C=O) groups excluding carboxylic acids is 1. The van der Waals surface area contributed by atoms with E-state index in [-0.39, 0.29) is 0 Å². The maximum absolute atomic E-state index is 11.7. The van der Waals surface area contributed by atoms with Gasteiger partial charge in [-0.15, -0.1) is 0 Å². The van der Waals surface area contributed by atoms with Crippen molar-refractivity contribution in [3.63, 3.8) is 0 Å². The summed E-state index contributed by atoms with van der Waals surface area (Å²) in [7, 11) is 0. The van der Waals surface area contributed by atoms with Gasteiger partial charge in [0.1, 0.15) is 0 Å². The lowest BCUT2D eigenvalue weighted by Crippen LogP contribution is -2.07. The summed E-state index contributed by atoms with van der Waals surface area (Å²) in [6.45, 7) is 7.35. The molecule has 2 N–H and O–H groups in total. The Morgan fingerprint density at radius 3 is 2.86 bits per heavy atom. The van der Waals surface area contributed by atoms with Crippen molar-refractivity contribution in [3.8, 4) is 11.1 Å². The van der Waals surface area contributed by atoms with Gasteiger partial charge in [0.2, 0.25) is 5.91 Å². The normalized spacial score (nSPS) is 11.3. The number of anilines is 1. The van der Waals surface area contributed by atoms with E-state index in [0.717, 1.165) is 44.7 Å². The Labute approximate surface area is 130 Å². The zero-order valence-corrected chi connectivity index (χ0v) is 12.6. The lowest BCUT2D eigenvalue weighted by atomic mass is 10.0. The van der Waals surface area contributed by atoms with Crippen molar-refractivity contribution in [2.75, 3.05) is 5.31 Å². The predicted molar refractivity (Wildman–Crippen MR) is 89.8 cm³/mol. The van der Waals surface area contributed by atoms with E-state index in [9.17, 15) is 4.79 Å². The van der Waals surface area contributed by atoms with Crippen molar-refractivity contribution in [3.05, 3.63) is 60.3 Å². The third-order valence-corrected chi connectivity index (χ3v) is 3.55. The highest BCUT2D eigenvalue weighted by Crippen LogP contribution is 2.28. The van der Waals surface area contributed by atoms with Crippen LogP contribution in [0.25, 0.3) is 22.0 Å². The molecule has 4 nitrogen and oxygen atoms in total. The molecule has 0 unspecified atom stereocenters. The molecule has 1 amide bonds. The minimum absolute atomic E-state index is 0.456. The van der Waals surface area contributed by atoms with Crippen molar-refractivity contribution in [1.29, 1.82) is 0 Å². The highest BCUT2D eigenvalue weighted by molar-refractivity contribution is 5.99. The van der Waals surface area contributed by atoms with E-state index in [0.29, 0.717) is 5.69 Å². The number of aromatic nitrogens is 2. The molecule has 0 aliphatic carbocycles. The second kappa shape index (κ2) is 5.48. The highest BCUT2D eigenvalue weighted by atomic mass is 16.1. The third-order valence-electron chi connectivity index (χ3n) is 3.55. The fourth-order valence-corrected chi connectivity index (χ4v) is 2.48. The third kappa shape index (κ3) is 2.63. The van der Waals surface area contributed by atoms with Gasteiger partial charge in [0.05, 0.1) is 5.52 Å². The summed E-state index contributed by atoms with van der Waals surface area (Å²) in [4.78, 5) is 11.7. The van der Waals surface area contributed by atoms with E-state index >= 15 is 0 Å². The Bertz CT molecular complexity index is 914. The van der Waals surface area contributed by atoms with Crippen LogP contribution in [-0.4, -0.2) is 16.1 Å². The Kier molecular flexibility index (Phi) is 3.20. The molecule has 4 heteroatoms. The zero-order valence-electron chi connectivity index (χ0n) is 13.6. The molecule has 0 fully saturated rings. The quantitative estimate of drug-likeness (QED) is 0.718. The summed E-state index contributed by atoms with van der Waals surface area (Å²) in [6.07, 6.45) is 1.13. The number of rotatable bonds is 3. The molecule has 22 heavy (non-hydrogen) atoms. The van der Waals surface area contributed by atoms with Crippen LogP contribution in [-0.2, 0) is 4.79 Å². The number of aromatic amines is 1.